The van der Waals surface area contributed by atoms with Crippen LogP contribution in [0.25, 0.3) is 60.1 Å². The number of nitrogens with zero attached hydrogens (tertiary/aromatic N) is 6. The van der Waals surface area contributed by atoms with Gasteiger partial charge in [-0.05, 0) is 200 Å². The predicted molar refractivity (Wildman–Crippen MR) is 399 cm³/mol. The molecule has 0 saturated carbocycles. The smallest absolute Gasteiger partial charge is 0.262 e. The van der Waals surface area contributed by atoms with E-state index in [1.165, 1.54) is 11.1 Å². The minimum Gasteiger partial charge on any atom is -0.361 e. The number of nitrogens with one attached hydrogen (secondary N) is 5. The van der Waals surface area contributed by atoms with Crippen molar-refractivity contribution in [3.63, 3.8) is 0 Å². The van der Waals surface area contributed by atoms with Crippen LogP contribution in [0.3, 0.4) is 0 Å². The first kappa shape index (κ1) is 65.3. The number of hydrogen-bond acceptors (Lipinski definition) is 9. The molecule has 3 amide bonds. The molecule has 6 aromatic carbocycles. The third-order valence-electron chi connectivity index (χ3n) is 18.1. The number of aromatic amines is 2. The summed E-state index contributed by atoms with van der Waals surface area (Å²) in [5, 5.41) is 13.2. The average molecular weight is 1660 g/mol. The number of halogens is 4. The number of allylic oxidation sites excluding steroid dienone is 2. The Morgan fingerprint density at radius 1 is 0.489 bits per heavy atom. The van der Waals surface area contributed by atoms with Gasteiger partial charge < -0.3 is 25.9 Å². The Kier molecular flexibility index (Phi) is 18.8. The number of hydrogen-bond donors (Lipinski definition) is 5. The first-order chi connectivity index (χ1) is 45.2. The van der Waals surface area contributed by atoms with Crippen LogP contribution in [0.1, 0.15) is 143 Å². The number of aromatic nitrogens is 8. The Hall–Kier alpha value is -7.36. The highest BCUT2D eigenvalue weighted by Crippen LogP contribution is 2.39. The van der Waals surface area contributed by atoms with E-state index in [0.29, 0.717) is 81.7 Å². The lowest BCUT2D eigenvalue weighted by Crippen LogP contribution is -2.48. The molecular formula is C73H69BrI3N11O6. The zero-order valence-electron chi connectivity index (χ0n) is 52.6. The highest BCUT2D eigenvalue weighted by atomic mass is 127. The Morgan fingerprint density at radius 2 is 0.936 bits per heavy atom. The molecule has 5 aromatic heterocycles. The second-order valence-corrected chi connectivity index (χ2v) is 30.7. The summed E-state index contributed by atoms with van der Waals surface area (Å²) < 4.78 is 8.68. The number of H-pyrrole nitrogens is 2. The van der Waals surface area contributed by atoms with E-state index in [-0.39, 0.29) is 52.5 Å². The van der Waals surface area contributed by atoms with Gasteiger partial charge in [0.1, 0.15) is 35.6 Å². The van der Waals surface area contributed by atoms with Gasteiger partial charge in [-0.3, -0.25) is 42.5 Å². The molecule has 0 bridgehead atoms. The maximum absolute atomic E-state index is 13.8. The minimum absolute atomic E-state index is 0.1000. The van der Waals surface area contributed by atoms with Crippen molar-refractivity contribution in [2.24, 2.45) is 17.8 Å². The molecule has 6 atom stereocenters. The monoisotopic (exact) mass is 1660 g/mol. The van der Waals surface area contributed by atoms with Gasteiger partial charge in [0.2, 0.25) is 17.7 Å². The molecule has 3 aliphatic heterocycles. The zero-order chi connectivity index (χ0) is 66.0. The summed E-state index contributed by atoms with van der Waals surface area (Å²) in [7, 11) is 0. The molecule has 8 heterocycles. The Balaban J connectivity index is 0.000000128. The van der Waals surface area contributed by atoms with Gasteiger partial charge in [-0.1, -0.05) is 124 Å². The van der Waals surface area contributed by atoms with Crippen molar-refractivity contribution in [1.29, 1.82) is 0 Å². The number of fused-ring (bicyclic) bond motifs is 9. The van der Waals surface area contributed by atoms with Crippen LogP contribution in [-0.2, 0) is 33.6 Å². The summed E-state index contributed by atoms with van der Waals surface area (Å²) in [5.41, 5.74) is 9.22. The molecule has 11 aromatic rings. The lowest BCUT2D eigenvalue weighted by atomic mass is 9.95. The fraction of sp³-hybridized carbons (Fsp3) is 0.301. The number of carbonyl (C=O) groups excluding carboxylic acids is 3. The Labute approximate surface area is 591 Å². The molecular weight excluding hydrogens is 1590 g/mol. The molecule has 0 unspecified atom stereocenters. The third kappa shape index (κ3) is 12.9. The molecule has 0 radical (unpaired) electrons. The van der Waals surface area contributed by atoms with Gasteiger partial charge in [0.25, 0.3) is 16.7 Å². The first-order valence-corrected chi connectivity index (χ1v) is 35.8. The van der Waals surface area contributed by atoms with E-state index in [0.717, 1.165) is 84.9 Å². The molecule has 1 aliphatic carbocycles. The number of para-hydroxylation sites is 2. The lowest BCUT2D eigenvalue weighted by molar-refractivity contribution is -0.127. The second kappa shape index (κ2) is 27.0. The summed E-state index contributed by atoms with van der Waals surface area (Å²) in [6, 6.07) is 36.7. The number of rotatable bonds is 12. The average Bonchev–Trinajstić information content (AvgIpc) is 0.933. The molecule has 15 rings (SSSR count). The highest BCUT2D eigenvalue weighted by Gasteiger charge is 2.40. The topological polar surface area (TPSA) is 224 Å². The third-order valence-corrected chi connectivity index (χ3v) is 20.7. The van der Waals surface area contributed by atoms with Crippen LogP contribution < -0.4 is 32.6 Å². The fourth-order valence-corrected chi connectivity index (χ4v) is 16.7. The summed E-state index contributed by atoms with van der Waals surface area (Å²) >= 11 is 10.1. The van der Waals surface area contributed by atoms with Crippen molar-refractivity contribution in [2.75, 3.05) is 0 Å². The maximum Gasteiger partial charge on any atom is 0.262 e. The van der Waals surface area contributed by atoms with Crippen molar-refractivity contribution < 1.29 is 14.4 Å². The van der Waals surface area contributed by atoms with Crippen LogP contribution in [0.4, 0.5) is 0 Å². The lowest BCUT2D eigenvalue weighted by Gasteiger charge is -2.34. The van der Waals surface area contributed by atoms with E-state index in [2.05, 4.69) is 169 Å². The molecule has 4 aliphatic rings. The zero-order valence-corrected chi connectivity index (χ0v) is 60.6. The van der Waals surface area contributed by atoms with E-state index in [1.54, 1.807) is 19.8 Å². The minimum atomic E-state index is -0.652. The second-order valence-electron chi connectivity index (χ2n) is 26.1. The van der Waals surface area contributed by atoms with Gasteiger partial charge in [-0.15, -0.1) is 0 Å². The summed E-state index contributed by atoms with van der Waals surface area (Å²) in [5.74, 6) is 2.66. The van der Waals surface area contributed by atoms with Gasteiger partial charge >= 0.3 is 0 Å². The van der Waals surface area contributed by atoms with Gasteiger partial charge in [0, 0.05) is 68.6 Å². The molecule has 94 heavy (non-hydrogen) atoms. The van der Waals surface area contributed by atoms with Crippen molar-refractivity contribution >= 4 is 162 Å². The van der Waals surface area contributed by atoms with Crippen LogP contribution >= 0.6 is 83.7 Å². The molecule has 5 N–H and O–H groups in total. The molecule has 17 nitrogen and oxygen atoms in total. The van der Waals surface area contributed by atoms with E-state index in [1.807, 2.05) is 116 Å². The largest absolute Gasteiger partial charge is 0.361 e. The van der Waals surface area contributed by atoms with Crippen LogP contribution in [0.2, 0.25) is 0 Å². The van der Waals surface area contributed by atoms with Crippen LogP contribution in [0, 0.1) is 28.5 Å². The van der Waals surface area contributed by atoms with E-state index < -0.39 is 18.1 Å². The molecule has 0 spiro atoms. The summed E-state index contributed by atoms with van der Waals surface area (Å²) in [4.78, 5) is 102. The van der Waals surface area contributed by atoms with Crippen molar-refractivity contribution in [3.8, 4) is 0 Å². The fourth-order valence-electron chi connectivity index (χ4n) is 13.8. The van der Waals surface area contributed by atoms with Crippen LogP contribution in [-0.4, -0.2) is 56.3 Å². The summed E-state index contributed by atoms with van der Waals surface area (Å²) in [6.45, 7) is 12.7. The van der Waals surface area contributed by atoms with Crippen LogP contribution in [0.15, 0.2) is 159 Å². The van der Waals surface area contributed by atoms with Crippen LogP contribution in [0.5, 0.6) is 0 Å². The normalized spacial score (nSPS) is 18.9. The SMILES string of the molecule is CC(C)C[C@@H]1NC(=O)[C@@H](CC2=CCc3ccccc32)n2c1nc1c(I)cc(I)cc1c2=O.CC(C)C[C@@H]1NC(=O)[C@@H](Cc2c[nH]c3ccccc23)n2c1nc1ccc(Br)cc1c2=O.CC(C)C[C@@H]1NC(=O)[C@@H](Cc2c[nH]c3ccccc23)n2c1nc1ccc(I)cc1c2=O. The van der Waals surface area contributed by atoms with Gasteiger partial charge in [0.05, 0.1) is 50.8 Å². The standard InChI is InChI=1S/C25H23I2N3O2.C24H23BrN4O2.C24H23IN4O2/c1-13(2)9-20-23-29-22-18(11-16(26)12-19(22)27)25(32)30(23)21(24(31)28-20)10-15-8-7-14-5-3-4-6-17(14)15;2*1-13(2)9-20-22-27-19-8-7-15(25)11-17(19)24(31)29(22)21(23(30)28-20)10-14-12-26-18-6-4-3-5-16(14)18/h3-6,8,11-13,20-21H,7,9-10H2,1-2H3,(H,28,31);2*3-8,11-13,20-21,26H,9-10H2,1-2H3,(H,28,30)/t3*20-,21+/m000/s1. The van der Waals surface area contributed by atoms with Crippen molar-refractivity contribution in [3.05, 3.63) is 226 Å². The van der Waals surface area contributed by atoms with Gasteiger partial charge in [-0.25, -0.2) is 15.0 Å². The van der Waals surface area contributed by atoms with Gasteiger partial charge in [-0.2, -0.15) is 0 Å². The molecule has 0 fully saturated rings. The molecule has 480 valence electrons. The first-order valence-electron chi connectivity index (χ1n) is 31.8. The van der Waals surface area contributed by atoms with Gasteiger partial charge in [0.15, 0.2) is 0 Å². The van der Waals surface area contributed by atoms with Crippen molar-refractivity contribution in [2.45, 2.75) is 123 Å². The predicted octanol–water partition coefficient (Wildman–Crippen LogP) is 14.5. The summed E-state index contributed by atoms with van der Waals surface area (Å²) in [6.07, 6.45) is 10.4. The van der Waals surface area contributed by atoms with E-state index >= 15 is 0 Å². The number of carbonyl (C=O) groups is 3. The molecule has 0 saturated heterocycles. The van der Waals surface area contributed by atoms with E-state index in [4.69, 9.17) is 15.0 Å². The number of benzene rings is 6. The van der Waals surface area contributed by atoms with Crippen molar-refractivity contribution in [1.82, 2.24) is 54.6 Å². The Morgan fingerprint density at radius 3 is 1.47 bits per heavy atom. The van der Waals surface area contributed by atoms with E-state index in [9.17, 15) is 28.8 Å². The number of amides is 3. The quantitative estimate of drug-likeness (QED) is 0.0733. The molecule has 21 heteroatoms. The highest BCUT2D eigenvalue weighted by molar-refractivity contribution is 14.1. The Bertz CT molecular complexity index is 4880. The maximum atomic E-state index is 13.8.